The lowest BCUT2D eigenvalue weighted by molar-refractivity contribution is 0.100. The van der Waals surface area contributed by atoms with Gasteiger partial charge in [-0.1, -0.05) is 53.4 Å². The molecule has 2 nitrogen and oxygen atoms in total. The summed E-state index contributed by atoms with van der Waals surface area (Å²) in [6.45, 7) is 9.01. The highest BCUT2D eigenvalue weighted by molar-refractivity contribution is 6.21. The molecular formula is C21H40Cl2N2. The van der Waals surface area contributed by atoms with Crippen LogP contribution in [-0.4, -0.2) is 22.8 Å². The van der Waals surface area contributed by atoms with E-state index in [1.54, 1.807) is 0 Å². The summed E-state index contributed by atoms with van der Waals surface area (Å²) in [5.41, 5.74) is 13.1. The Labute approximate surface area is 165 Å². The van der Waals surface area contributed by atoms with Crippen LogP contribution in [0.25, 0.3) is 0 Å². The van der Waals surface area contributed by atoms with Crippen molar-refractivity contribution in [3.63, 3.8) is 0 Å². The van der Waals surface area contributed by atoms with Crippen molar-refractivity contribution in [2.24, 2.45) is 47.0 Å². The normalized spacial score (nSPS) is 48.5. The van der Waals surface area contributed by atoms with Crippen LogP contribution in [0.15, 0.2) is 0 Å². The largest absolute Gasteiger partial charge is 0.327 e. The van der Waals surface area contributed by atoms with Gasteiger partial charge in [-0.25, -0.2) is 0 Å². The maximum Gasteiger partial charge on any atom is 0.0407 e. The molecule has 2 rings (SSSR count). The van der Waals surface area contributed by atoms with Crippen LogP contribution >= 0.6 is 23.2 Å². The van der Waals surface area contributed by atoms with Crippen LogP contribution in [0.2, 0.25) is 0 Å². The third kappa shape index (κ3) is 4.50. The van der Waals surface area contributed by atoms with E-state index in [2.05, 4.69) is 27.7 Å². The highest BCUT2D eigenvalue weighted by Crippen LogP contribution is 2.47. The first-order valence-electron chi connectivity index (χ1n) is 10.7. The zero-order valence-corrected chi connectivity index (χ0v) is 18.1. The van der Waals surface area contributed by atoms with Crippen molar-refractivity contribution in [1.29, 1.82) is 0 Å². The Morgan fingerprint density at radius 3 is 1.28 bits per heavy atom. The quantitative estimate of drug-likeness (QED) is 0.597. The van der Waals surface area contributed by atoms with Crippen LogP contribution in [0.4, 0.5) is 0 Å². The molecule has 2 aliphatic rings. The first kappa shape index (κ1) is 21.8. The molecule has 25 heavy (non-hydrogen) atoms. The SMILES string of the molecule is CCC1CC(CC2CC(CC)C(N)C(CC)C2Cl)C(Cl)C(CC)C1N. The molecule has 0 spiro atoms. The Bertz CT molecular complexity index is 369. The van der Waals surface area contributed by atoms with Crippen molar-refractivity contribution in [2.75, 3.05) is 0 Å². The Morgan fingerprint density at radius 1 is 0.640 bits per heavy atom. The van der Waals surface area contributed by atoms with Crippen molar-refractivity contribution in [1.82, 2.24) is 0 Å². The number of rotatable bonds is 6. The second-order valence-electron chi connectivity index (χ2n) is 8.75. The fraction of sp³-hybridized carbons (Fsp3) is 1.00. The molecule has 2 aliphatic carbocycles. The first-order chi connectivity index (χ1) is 11.9. The molecule has 148 valence electrons. The van der Waals surface area contributed by atoms with E-state index in [9.17, 15) is 0 Å². The molecule has 0 aliphatic heterocycles. The van der Waals surface area contributed by atoms with E-state index in [0.717, 1.165) is 32.1 Å². The minimum Gasteiger partial charge on any atom is -0.327 e. The van der Waals surface area contributed by atoms with Gasteiger partial charge >= 0.3 is 0 Å². The molecule has 2 fully saturated rings. The summed E-state index contributed by atoms with van der Waals surface area (Å²) >= 11 is 13.9. The van der Waals surface area contributed by atoms with Crippen LogP contribution in [-0.2, 0) is 0 Å². The van der Waals surface area contributed by atoms with Gasteiger partial charge in [0.25, 0.3) is 0 Å². The molecule has 0 aromatic carbocycles. The topological polar surface area (TPSA) is 52.0 Å². The van der Waals surface area contributed by atoms with Crippen molar-refractivity contribution in [2.45, 2.75) is 95.5 Å². The van der Waals surface area contributed by atoms with Gasteiger partial charge in [-0.3, -0.25) is 0 Å². The van der Waals surface area contributed by atoms with E-state index in [1.165, 1.54) is 12.8 Å². The van der Waals surface area contributed by atoms with Crippen molar-refractivity contribution in [3.8, 4) is 0 Å². The second-order valence-corrected chi connectivity index (χ2v) is 9.76. The Hall–Kier alpha value is 0.500. The third-order valence-electron chi connectivity index (χ3n) is 7.60. The number of halogens is 2. The fourth-order valence-corrected chi connectivity index (χ4v) is 6.99. The summed E-state index contributed by atoms with van der Waals surface area (Å²) < 4.78 is 0. The number of hydrogen-bond donors (Lipinski definition) is 2. The molecule has 0 heterocycles. The minimum absolute atomic E-state index is 0.197. The molecule has 0 bridgehead atoms. The summed E-state index contributed by atoms with van der Waals surface area (Å²) in [6.07, 6.45) is 7.97. The van der Waals surface area contributed by atoms with Gasteiger partial charge in [0.2, 0.25) is 0 Å². The van der Waals surface area contributed by atoms with Gasteiger partial charge in [0.15, 0.2) is 0 Å². The lowest BCUT2D eigenvalue weighted by atomic mass is 9.63. The lowest BCUT2D eigenvalue weighted by Gasteiger charge is -2.48. The Kier molecular flexibility index (Phi) is 8.39. The van der Waals surface area contributed by atoms with Gasteiger partial charge in [-0.15, -0.1) is 23.2 Å². The summed E-state index contributed by atoms with van der Waals surface area (Å²) in [6, 6.07) is 0.513. The first-order valence-corrected chi connectivity index (χ1v) is 11.6. The zero-order chi connectivity index (χ0) is 18.7. The molecule has 0 aromatic heterocycles. The molecule has 0 radical (unpaired) electrons. The van der Waals surface area contributed by atoms with E-state index in [-0.39, 0.29) is 22.8 Å². The monoisotopic (exact) mass is 390 g/mol. The second kappa shape index (κ2) is 9.62. The van der Waals surface area contributed by atoms with Gasteiger partial charge in [0, 0.05) is 22.8 Å². The maximum absolute atomic E-state index is 6.95. The lowest BCUT2D eigenvalue weighted by Crippen LogP contribution is -2.52. The average molecular weight is 391 g/mol. The third-order valence-corrected chi connectivity index (χ3v) is 8.96. The van der Waals surface area contributed by atoms with E-state index in [4.69, 9.17) is 34.7 Å². The standard InChI is InChI=1S/C21H40Cl2N2/c1-5-12-9-14(18(22)16(7-3)20(12)24)11-15-10-13(6-2)21(25)17(8-4)19(15)23/h12-21H,5-11,24-25H2,1-4H3. The van der Waals surface area contributed by atoms with Crippen molar-refractivity contribution < 1.29 is 0 Å². The molecule has 0 aromatic rings. The summed E-state index contributed by atoms with van der Waals surface area (Å²) in [7, 11) is 0. The van der Waals surface area contributed by atoms with Gasteiger partial charge in [0.1, 0.15) is 0 Å². The summed E-state index contributed by atoms with van der Waals surface area (Å²) in [5.74, 6) is 3.18. The van der Waals surface area contributed by atoms with Gasteiger partial charge < -0.3 is 11.5 Å². The van der Waals surface area contributed by atoms with Gasteiger partial charge in [-0.05, 0) is 54.8 Å². The number of alkyl halides is 2. The Balaban J connectivity index is 2.13. The van der Waals surface area contributed by atoms with Crippen molar-refractivity contribution >= 4 is 23.2 Å². The van der Waals surface area contributed by atoms with Crippen LogP contribution in [0.1, 0.15) is 72.6 Å². The van der Waals surface area contributed by atoms with E-state index < -0.39 is 0 Å². The number of nitrogens with two attached hydrogens (primary N) is 2. The van der Waals surface area contributed by atoms with E-state index in [1.807, 2.05) is 0 Å². The minimum atomic E-state index is 0.197. The molecule has 0 saturated heterocycles. The van der Waals surface area contributed by atoms with Crippen LogP contribution < -0.4 is 11.5 Å². The molecule has 4 N–H and O–H groups in total. The van der Waals surface area contributed by atoms with Crippen LogP contribution in [0, 0.1) is 35.5 Å². The fourth-order valence-electron chi connectivity index (χ4n) is 5.89. The number of hydrogen-bond acceptors (Lipinski definition) is 2. The van der Waals surface area contributed by atoms with Gasteiger partial charge in [0.05, 0.1) is 0 Å². The zero-order valence-electron chi connectivity index (χ0n) is 16.6. The molecule has 4 heteroatoms. The maximum atomic E-state index is 6.95. The predicted octanol–water partition coefficient (Wildman–Crippen LogP) is 5.39. The molecule has 10 atom stereocenters. The average Bonchev–Trinajstić information content (AvgIpc) is 2.60. The highest BCUT2D eigenvalue weighted by atomic mass is 35.5. The van der Waals surface area contributed by atoms with Gasteiger partial charge in [-0.2, -0.15) is 0 Å². The molecule has 2 saturated carbocycles. The highest BCUT2D eigenvalue weighted by Gasteiger charge is 2.45. The summed E-state index contributed by atoms with van der Waals surface area (Å²) in [4.78, 5) is 0. The Morgan fingerprint density at radius 2 is 1.00 bits per heavy atom. The molecule has 10 unspecified atom stereocenters. The van der Waals surface area contributed by atoms with E-state index in [0.29, 0.717) is 35.5 Å². The summed E-state index contributed by atoms with van der Waals surface area (Å²) in [5, 5.41) is 0.393. The predicted molar refractivity (Wildman–Crippen MR) is 111 cm³/mol. The molecular weight excluding hydrogens is 351 g/mol. The van der Waals surface area contributed by atoms with Crippen LogP contribution in [0.3, 0.4) is 0 Å². The molecule has 0 amide bonds. The van der Waals surface area contributed by atoms with Crippen molar-refractivity contribution in [3.05, 3.63) is 0 Å². The smallest absolute Gasteiger partial charge is 0.0407 e. The van der Waals surface area contributed by atoms with Crippen LogP contribution in [0.5, 0.6) is 0 Å². The van der Waals surface area contributed by atoms with E-state index >= 15 is 0 Å².